The summed E-state index contributed by atoms with van der Waals surface area (Å²) < 4.78 is 0. The molecule has 1 aromatic carbocycles. The van der Waals surface area contributed by atoms with Crippen molar-refractivity contribution in [2.75, 3.05) is 11.4 Å². The van der Waals surface area contributed by atoms with Crippen molar-refractivity contribution in [2.24, 2.45) is 0 Å². The fourth-order valence-corrected chi connectivity index (χ4v) is 2.96. The highest BCUT2D eigenvalue weighted by Crippen LogP contribution is 2.36. The standard InChI is InChI=1S/C18H22N4O/c1-3-4-11-19-18(23)15-9-10-17(21-20-15)22-13(2)12-14-7-5-6-8-16(14)22/h5-10,13H,3-4,11-12H2,1-2H3,(H,19,23). The molecule has 23 heavy (non-hydrogen) atoms. The zero-order valence-electron chi connectivity index (χ0n) is 13.6. The van der Waals surface area contributed by atoms with Crippen molar-refractivity contribution < 1.29 is 4.79 Å². The summed E-state index contributed by atoms with van der Waals surface area (Å²) in [4.78, 5) is 14.2. The molecule has 2 aromatic rings. The van der Waals surface area contributed by atoms with Crippen molar-refractivity contribution in [1.82, 2.24) is 15.5 Å². The third-order valence-electron chi connectivity index (χ3n) is 4.15. The first kappa shape index (κ1) is 15.5. The van der Waals surface area contributed by atoms with Crippen LogP contribution < -0.4 is 10.2 Å². The van der Waals surface area contributed by atoms with Gasteiger partial charge in [0.15, 0.2) is 11.5 Å². The van der Waals surface area contributed by atoms with E-state index in [0.717, 1.165) is 25.1 Å². The summed E-state index contributed by atoms with van der Waals surface area (Å²) in [7, 11) is 0. The molecular formula is C18H22N4O. The number of carbonyl (C=O) groups is 1. The first-order chi connectivity index (χ1) is 11.2. The Morgan fingerprint density at radius 3 is 2.83 bits per heavy atom. The number of anilines is 2. The number of nitrogens with one attached hydrogen (secondary N) is 1. The lowest BCUT2D eigenvalue weighted by atomic mass is 10.1. The number of para-hydroxylation sites is 1. The van der Waals surface area contributed by atoms with Crippen LogP contribution >= 0.6 is 0 Å². The van der Waals surface area contributed by atoms with Gasteiger partial charge in [-0.2, -0.15) is 0 Å². The van der Waals surface area contributed by atoms with Crippen LogP contribution in [0.1, 0.15) is 42.7 Å². The Hall–Kier alpha value is -2.43. The van der Waals surface area contributed by atoms with E-state index in [2.05, 4.69) is 52.5 Å². The highest BCUT2D eigenvalue weighted by Gasteiger charge is 2.27. The molecule has 0 spiro atoms. The van der Waals surface area contributed by atoms with E-state index in [1.807, 2.05) is 12.1 Å². The van der Waals surface area contributed by atoms with Gasteiger partial charge in [0.2, 0.25) is 0 Å². The summed E-state index contributed by atoms with van der Waals surface area (Å²) in [5.41, 5.74) is 2.86. The number of hydrogen-bond acceptors (Lipinski definition) is 4. The summed E-state index contributed by atoms with van der Waals surface area (Å²) in [6.45, 7) is 4.94. The van der Waals surface area contributed by atoms with Gasteiger partial charge in [-0.1, -0.05) is 31.5 Å². The molecule has 1 N–H and O–H groups in total. The Balaban J connectivity index is 1.76. The number of benzene rings is 1. The molecule has 5 nitrogen and oxygen atoms in total. The molecular weight excluding hydrogens is 288 g/mol. The Kier molecular flexibility index (Phi) is 4.55. The van der Waals surface area contributed by atoms with E-state index in [1.54, 1.807) is 6.07 Å². The number of nitrogens with zero attached hydrogens (tertiary/aromatic N) is 3. The van der Waals surface area contributed by atoms with Gasteiger partial charge >= 0.3 is 0 Å². The lowest BCUT2D eigenvalue weighted by Gasteiger charge is -2.23. The molecule has 1 atom stereocenters. The second-order valence-corrected chi connectivity index (χ2v) is 5.94. The summed E-state index contributed by atoms with van der Waals surface area (Å²) in [6, 6.07) is 12.3. The molecule has 1 aromatic heterocycles. The summed E-state index contributed by atoms with van der Waals surface area (Å²) in [6.07, 6.45) is 3.02. The SMILES string of the molecule is CCCCNC(=O)c1ccc(N2c3ccccc3CC2C)nn1. The van der Waals surface area contributed by atoms with Crippen LogP contribution in [0.4, 0.5) is 11.5 Å². The molecule has 0 radical (unpaired) electrons. The maximum atomic E-state index is 12.0. The molecule has 0 fully saturated rings. The maximum absolute atomic E-state index is 12.0. The van der Waals surface area contributed by atoms with E-state index in [0.29, 0.717) is 18.3 Å². The summed E-state index contributed by atoms with van der Waals surface area (Å²) in [5, 5.41) is 11.2. The molecule has 120 valence electrons. The van der Waals surface area contributed by atoms with Gasteiger partial charge in [0.05, 0.1) is 0 Å². The first-order valence-electron chi connectivity index (χ1n) is 8.19. The van der Waals surface area contributed by atoms with Crippen molar-refractivity contribution in [3.63, 3.8) is 0 Å². The van der Waals surface area contributed by atoms with E-state index in [4.69, 9.17) is 0 Å². The number of rotatable bonds is 5. The summed E-state index contributed by atoms with van der Waals surface area (Å²) in [5.74, 6) is 0.625. The predicted octanol–water partition coefficient (Wildman–Crippen LogP) is 3.09. The van der Waals surface area contributed by atoms with E-state index >= 15 is 0 Å². The number of hydrogen-bond donors (Lipinski definition) is 1. The molecule has 0 saturated heterocycles. The summed E-state index contributed by atoms with van der Waals surface area (Å²) >= 11 is 0. The molecule has 0 aliphatic carbocycles. The van der Waals surface area contributed by atoms with E-state index in [9.17, 15) is 4.79 Å². The van der Waals surface area contributed by atoms with Crippen LogP contribution in [-0.4, -0.2) is 28.7 Å². The molecule has 1 aliphatic heterocycles. The second kappa shape index (κ2) is 6.77. The fraction of sp³-hybridized carbons (Fsp3) is 0.389. The first-order valence-corrected chi connectivity index (χ1v) is 8.19. The van der Waals surface area contributed by atoms with Crippen molar-refractivity contribution in [3.8, 4) is 0 Å². The molecule has 1 aliphatic rings. The van der Waals surface area contributed by atoms with E-state index in [1.165, 1.54) is 11.3 Å². The van der Waals surface area contributed by atoms with Crippen LogP contribution in [0.25, 0.3) is 0 Å². The van der Waals surface area contributed by atoms with Gasteiger partial charge in [0, 0.05) is 18.3 Å². The number of unbranched alkanes of at least 4 members (excludes halogenated alkanes) is 1. The number of amides is 1. The Morgan fingerprint density at radius 1 is 1.26 bits per heavy atom. The van der Waals surface area contributed by atoms with Crippen molar-refractivity contribution in [1.29, 1.82) is 0 Å². The predicted molar refractivity (Wildman–Crippen MR) is 91.0 cm³/mol. The van der Waals surface area contributed by atoms with Crippen LogP contribution in [0.3, 0.4) is 0 Å². The van der Waals surface area contributed by atoms with Gasteiger partial charge in [-0.3, -0.25) is 4.79 Å². The van der Waals surface area contributed by atoms with E-state index in [-0.39, 0.29) is 5.91 Å². The number of carbonyl (C=O) groups excluding carboxylic acids is 1. The van der Waals surface area contributed by atoms with Crippen LogP contribution in [0.15, 0.2) is 36.4 Å². The van der Waals surface area contributed by atoms with E-state index < -0.39 is 0 Å². The Labute approximate surface area is 136 Å². The minimum Gasteiger partial charge on any atom is -0.351 e. The Bertz CT molecular complexity index is 684. The molecule has 0 bridgehead atoms. The molecule has 5 heteroatoms. The topological polar surface area (TPSA) is 58.1 Å². The second-order valence-electron chi connectivity index (χ2n) is 5.94. The number of aromatic nitrogens is 2. The third kappa shape index (κ3) is 3.18. The normalized spacial score (nSPS) is 16.3. The minimum atomic E-state index is -0.160. The monoisotopic (exact) mass is 310 g/mol. The van der Waals surface area contributed by atoms with Crippen LogP contribution in [-0.2, 0) is 6.42 Å². The largest absolute Gasteiger partial charge is 0.351 e. The lowest BCUT2D eigenvalue weighted by Crippen LogP contribution is -2.27. The quantitative estimate of drug-likeness (QED) is 0.862. The smallest absolute Gasteiger partial charge is 0.271 e. The van der Waals surface area contributed by atoms with Gasteiger partial charge < -0.3 is 10.2 Å². The van der Waals surface area contributed by atoms with Gasteiger partial charge in [-0.05, 0) is 43.5 Å². The van der Waals surface area contributed by atoms with Crippen molar-refractivity contribution in [3.05, 3.63) is 47.7 Å². The van der Waals surface area contributed by atoms with Gasteiger partial charge in [0.25, 0.3) is 5.91 Å². The number of fused-ring (bicyclic) bond motifs is 1. The highest BCUT2D eigenvalue weighted by molar-refractivity contribution is 5.92. The fourth-order valence-electron chi connectivity index (χ4n) is 2.96. The lowest BCUT2D eigenvalue weighted by molar-refractivity contribution is 0.0947. The molecule has 1 unspecified atom stereocenters. The molecule has 1 amide bonds. The van der Waals surface area contributed by atoms with Gasteiger partial charge in [-0.25, -0.2) is 0 Å². The van der Waals surface area contributed by atoms with Crippen LogP contribution in [0, 0.1) is 0 Å². The maximum Gasteiger partial charge on any atom is 0.271 e. The highest BCUT2D eigenvalue weighted by atomic mass is 16.1. The average molecular weight is 310 g/mol. The van der Waals surface area contributed by atoms with Crippen molar-refractivity contribution in [2.45, 2.75) is 39.2 Å². The van der Waals surface area contributed by atoms with Crippen LogP contribution in [0.5, 0.6) is 0 Å². The minimum absolute atomic E-state index is 0.160. The average Bonchev–Trinajstić information content (AvgIpc) is 2.91. The van der Waals surface area contributed by atoms with Crippen LogP contribution in [0.2, 0.25) is 0 Å². The van der Waals surface area contributed by atoms with Gasteiger partial charge in [0.1, 0.15) is 0 Å². The molecule has 0 saturated carbocycles. The van der Waals surface area contributed by atoms with Crippen molar-refractivity contribution >= 4 is 17.4 Å². The molecule has 3 rings (SSSR count). The zero-order chi connectivity index (χ0) is 16.2. The zero-order valence-corrected chi connectivity index (χ0v) is 13.6. The third-order valence-corrected chi connectivity index (χ3v) is 4.15. The Morgan fingerprint density at radius 2 is 2.09 bits per heavy atom. The molecule has 2 heterocycles. The van der Waals surface area contributed by atoms with Gasteiger partial charge in [-0.15, -0.1) is 10.2 Å².